The van der Waals surface area contributed by atoms with Crippen molar-refractivity contribution in [2.24, 2.45) is 11.8 Å². The van der Waals surface area contributed by atoms with Crippen molar-refractivity contribution in [3.63, 3.8) is 0 Å². The minimum absolute atomic E-state index is 0.0669. The summed E-state index contributed by atoms with van der Waals surface area (Å²) < 4.78 is 25.3. The van der Waals surface area contributed by atoms with Gasteiger partial charge in [0.1, 0.15) is 6.04 Å². The van der Waals surface area contributed by atoms with E-state index in [9.17, 15) is 22.8 Å². The van der Waals surface area contributed by atoms with Gasteiger partial charge in [0, 0.05) is 19.1 Å². The van der Waals surface area contributed by atoms with Crippen LogP contribution in [-0.2, 0) is 24.4 Å². The molecule has 27 heavy (non-hydrogen) atoms. The second-order valence-electron chi connectivity index (χ2n) is 7.46. The lowest BCUT2D eigenvalue weighted by Gasteiger charge is -2.32. The van der Waals surface area contributed by atoms with Crippen LogP contribution >= 0.6 is 0 Å². The smallest absolute Gasteiger partial charge is 0.243 e. The first kappa shape index (κ1) is 20.0. The molecule has 1 N–H and O–H groups in total. The Morgan fingerprint density at radius 2 is 1.67 bits per heavy atom. The number of imide groups is 1. The van der Waals surface area contributed by atoms with E-state index in [1.807, 2.05) is 12.2 Å². The predicted octanol–water partition coefficient (Wildman–Crippen LogP) is 0.256. The van der Waals surface area contributed by atoms with Crippen LogP contribution in [0.2, 0.25) is 0 Å². The molecule has 0 spiro atoms. The van der Waals surface area contributed by atoms with Crippen LogP contribution in [0, 0.1) is 11.8 Å². The minimum atomic E-state index is -3.21. The molecule has 3 atom stereocenters. The van der Waals surface area contributed by atoms with Crippen molar-refractivity contribution >= 4 is 27.7 Å². The number of piperidine rings is 1. The molecule has 0 saturated carbocycles. The van der Waals surface area contributed by atoms with Gasteiger partial charge in [-0.1, -0.05) is 12.2 Å². The average Bonchev–Trinajstić information content (AvgIpc) is 2.92. The highest BCUT2D eigenvalue weighted by atomic mass is 32.2. The molecular weight excluding hydrogens is 370 g/mol. The second kappa shape index (κ2) is 7.71. The summed E-state index contributed by atoms with van der Waals surface area (Å²) in [4.78, 5) is 38.9. The zero-order chi connectivity index (χ0) is 19.8. The SMILES string of the molecule is CCS(=O)(=O)N1CCC(NC(=O)[C@H](C)N2C(=O)[C@H]3CC=CC[C@@H]3C2=O)CC1. The van der Waals surface area contributed by atoms with E-state index in [4.69, 9.17) is 0 Å². The van der Waals surface area contributed by atoms with Gasteiger partial charge in [0.05, 0.1) is 17.6 Å². The van der Waals surface area contributed by atoms with Gasteiger partial charge >= 0.3 is 0 Å². The number of sulfonamides is 1. The van der Waals surface area contributed by atoms with Gasteiger partial charge in [-0.15, -0.1) is 0 Å². The zero-order valence-electron chi connectivity index (χ0n) is 15.8. The minimum Gasteiger partial charge on any atom is -0.351 e. The normalized spacial score (nSPS) is 28.3. The Bertz CT molecular complexity index is 729. The van der Waals surface area contributed by atoms with E-state index in [1.165, 1.54) is 4.31 Å². The van der Waals surface area contributed by atoms with Gasteiger partial charge in [0.2, 0.25) is 27.7 Å². The fourth-order valence-electron chi connectivity index (χ4n) is 4.11. The van der Waals surface area contributed by atoms with E-state index in [0.717, 1.165) is 4.90 Å². The van der Waals surface area contributed by atoms with Crippen molar-refractivity contribution in [3.05, 3.63) is 12.2 Å². The molecule has 2 heterocycles. The fourth-order valence-corrected chi connectivity index (χ4v) is 5.24. The van der Waals surface area contributed by atoms with Gasteiger partial charge in [0.25, 0.3) is 0 Å². The van der Waals surface area contributed by atoms with E-state index in [2.05, 4.69) is 5.32 Å². The Kier molecular flexibility index (Phi) is 5.71. The van der Waals surface area contributed by atoms with Crippen LogP contribution in [0.3, 0.4) is 0 Å². The van der Waals surface area contributed by atoms with Crippen LogP contribution in [0.5, 0.6) is 0 Å². The number of fused-ring (bicyclic) bond motifs is 1. The molecule has 2 saturated heterocycles. The molecule has 2 fully saturated rings. The highest BCUT2D eigenvalue weighted by Gasteiger charge is 2.50. The maximum absolute atomic E-state index is 12.6. The molecular formula is C18H27N3O5S. The summed E-state index contributed by atoms with van der Waals surface area (Å²) in [6, 6.07) is -1.01. The monoisotopic (exact) mass is 397 g/mol. The molecule has 0 unspecified atom stereocenters. The first-order valence-electron chi connectivity index (χ1n) is 9.56. The van der Waals surface area contributed by atoms with Crippen molar-refractivity contribution in [3.8, 4) is 0 Å². The van der Waals surface area contributed by atoms with Crippen LogP contribution in [0.1, 0.15) is 39.5 Å². The quantitative estimate of drug-likeness (QED) is 0.529. The van der Waals surface area contributed by atoms with E-state index in [0.29, 0.717) is 38.8 Å². The number of rotatable bonds is 5. The van der Waals surface area contributed by atoms with Crippen molar-refractivity contribution < 1.29 is 22.8 Å². The highest BCUT2D eigenvalue weighted by molar-refractivity contribution is 7.89. The van der Waals surface area contributed by atoms with Crippen molar-refractivity contribution in [2.75, 3.05) is 18.8 Å². The Morgan fingerprint density at radius 3 is 2.15 bits per heavy atom. The molecule has 150 valence electrons. The summed E-state index contributed by atoms with van der Waals surface area (Å²) in [6.45, 7) is 3.93. The fraction of sp³-hybridized carbons (Fsp3) is 0.722. The van der Waals surface area contributed by atoms with Crippen LogP contribution in [0.15, 0.2) is 12.2 Å². The van der Waals surface area contributed by atoms with Gasteiger partial charge in [-0.05, 0) is 39.5 Å². The average molecular weight is 397 g/mol. The molecule has 3 rings (SSSR count). The Morgan fingerprint density at radius 1 is 1.15 bits per heavy atom. The molecule has 1 aliphatic carbocycles. The maximum Gasteiger partial charge on any atom is 0.243 e. The number of carbonyl (C=O) groups is 3. The molecule has 0 radical (unpaired) electrons. The molecule has 9 heteroatoms. The molecule has 0 aromatic rings. The van der Waals surface area contributed by atoms with Gasteiger partial charge < -0.3 is 5.32 Å². The molecule has 0 bridgehead atoms. The topological polar surface area (TPSA) is 104 Å². The maximum atomic E-state index is 12.6. The number of nitrogens with one attached hydrogen (secondary N) is 1. The van der Waals surface area contributed by atoms with Crippen LogP contribution < -0.4 is 5.32 Å². The van der Waals surface area contributed by atoms with Crippen molar-refractivity contribution in [2.45, 2.75) is 51.6 Å². The van der Waals surface area contributed by atoms with Crippen LogP contribution in [0.4, 0.5) is 0 Å². The molecule has 3 aliphatic rings. The summed E-state index contributed by atoms with van der Waals surface area (Å²) >= 11 is 0. The molecule has 3 amide bonds. The van der Waals surface area contributed by atoms with E-state index in [1.54, 1.807) is 13.8 Å². The van der Waals surface area contributed by atoms with E-state index < -0.39 is 16.1 Å². The van der Waals surface area contributed by atoms with Crippen molar-refractivity contribution in [1.82, 2.24) is 14.5 Å². The van der Waals surface area contributed by atoms with Crippen LogP contribution in [0.25, 0.3) is 0 Å². The first-order valence-corrected chi connectivity index (χ1v) is 11.2. The summed E-state index contributed by atoms with van der Waals surface area (Å²) in [7, 11) is -3.21. The highest BCUT2D eigenvalue weighted by Crippen LogP contribution is 2.36. The summed E-state index contributed by atoms with van der Waals surface area (Å²) in [6.07, 6.45) is 5.97. The summed E-state index contributed by atoms with van der Waals surface area (Å²) in [5.41, 5.74) is 0. The Labute approximate surface area is 160 Å². The van der Waals surface area contributed by atoms with E-state index in [-0.39, 0.29) is 41.4 Å². The number of hydrogen-bond acceptors (Lipinski definition) is 5. The summed E-state index contributed by atoms with van der Waals surface area (Å²) in [5.74, 6) is -1.51. The third-order valence-corrected chi connectivity index (χ3v) is 7.75. The number of likely N-dealkylation sites (tertiary alicyclic amines) is 1. The van der Waals surface area contributed by atoms with Crippen LogP contribution in [-0.4, -0.2) is 66.3 Å². The molecule has 8 nitrogen and oxygen atoms in total. The molecule has 2 aliphatic heterocycles. The number of hydrogen-bond donors (Lipinski definition) is 1. The standard InChI is InChI=1S/C18H27N3O5S/c1-3-27(25,26)20-10-8-13(9-11-20)19-16(22)12(2)21-17(23)14-6-4-5-7-15(14)18(21)24/h4-5,12-15H,3,6-11H2,1-2H3,(H,19,22)/t12-,14-,15-/m0/s1. The second-order valence-corrected chi connectivity index (χ2v) is 9.72. The Balaban J connectivity index is 1.57. The lowest BCUT2D eigenvalue weighted by Crippen LogP contribution is -2.53. The third kappa shape index (κ3) is 3.80. The number of amides is 3. The largest absolute Gasteiger partial charge is 0.351 e. The Hall–Kier alpha value is -1.74. The zero-order valence-corrected chi connectivity index (χ0v) is 16.6. The first-order chi connectivity index (χ1) is 12.8. The lowest BCUT2D eigenvalue weighted by atomic mass is 9.85. The van der Waals surface area contributed by atoms with Gasteiger partial charge in [-0.3, -0.25) is 19.3 Å². The van der Waals surface area contributed by atoms with Gasteiger partial charge in [0.15, 0.2) is 0 Å². The van der Waals surface area contributed by atoms with Gasteiger partial charge in [-0.2, -0.15) is 0 Å². The number of allylic oxidation sites excluding steroid dienone is 2. The van der Waals surface area contributed by atoms with Gasteiger partial charge in [-0.25, -0.2) is 12.7 Å². The molecule has 0 aromatic heterocycles. The molecule has 0 aromatic carbocycles. The number of carbonyl (C=O) groups excluding carboxylic acids is 3. The lowest BCUT2D eigenvalue weighted by molar-refractivity contribution is -0.147. The van der Waals surface area contributed by atoms with Crippen molar-refractivity contribution in [1.29, 1.82) is 0 Å². The van der Waals surface area contributed by atoms with E-state index >= 15 is 0 Å². The predicted molar refractivity (Wildman–Crippen MR) is 98.9 cm³/mol. The third-order valence-electron chi connectivity index (χ3n) is 5.87. The summed E-state index contributed by atoms with van der Waals surface area (Å²) in [5, 5.41) is 2.89. The number of nitrogens with zero attached hydrogens (tertiary/aromatic N) is 2.